The van der Waals surface area contributed by atoms with E-state index in [2.05, 4.69) is 5.32 Å². The number of carbonyl (C=O) groups is 1. The van der Waals surface area contributed by atoms with Crippen LogP contribution in [0.25, 0.3) is 0 Å². The van der Waals surface area contributed by atoms with Gasteiger partial charge in [-0.3, -0.25) is 4.79 Å². The number of methoxy groups -OCH3 is 2. The van der Waals surface area contributed by atoms with E-state index in [1.54, 1.807) is 26.4 Å². The number of fused-ring (bicyclic) bond motifs is 1. The van der Waals surface area contributed by atoms with E-state index in [0.29, 0.717) is 34.3 Å². The molecule has 0 aliphatic carbocycles. The lowest BCUT2D eigenvalue weighted by Crippen LogP contribution is -2.32. The Morgan fingerprint density at radius 3 is 2.38 bits per heavy atom. The molecule has 1 amide bonds. The van der Waals surface area contributed by atoms with Crippen LogP contribution in [0.5, 0.6) is 11.5 Å². The van der Waals surface area contributed by atoms with Crippen molar-refractivity contribution in [2.45, 2.75) is 12.7 Å². The first-order chi connectivity index (χ1) is 14.1. The van der Waals surface area contributed by atoms with Crippen molar-refractivity contribution in [2.24, 2.45) is 0 Å². The third-order valence-corrected chi connectivity index (χ3v) is 5.32. The second kappa shape index (κ2) is 8.05. The predicted molar refractivity (Wildman–Crippen MR) is 114 cm³/mol. The van der Waals surface area contributed by atoms with Crippen LogP contribution in [-0.4, -0.2) is 25.0 Å². The van der Waals surface area contributed by atoms with Gasteiger partial charge in [0, 0.05) is 23.7 Å². The van der Waals surface area contributed by atoms with Gasteiger partial charge in [-0.25, -0.2) is 0 Å². The van der Waals surface area contributed by atoms with Crippen molar-refractivity contribution < 1.29 is 14.3 Å². The molecule has 0 unspecified atom stereocenters. The maximum absolute atomic E-state index is 13.1. The molecule has 1 N–H and O–H groups in total. The summed E-state index contributed by atoms with van der Waals surface area (Å²) in [7, 11) is 3.14. The van der Waals surface area contributed by atoms with Crippen LogP contribution in [0.15, 0.2) is 66.7 Å². The molecule has 0 bridgehead atoms. The largest absolute Gasteiger partial charge is 0.495 e. The van der Waals surface area contributed by atoms with Gasteiger partial charge in [-0.1, -0.05) is 60.1 Å². The zero-order valence-electron chi connectivity index (χ0n) is 16.2. The number of ether oxygens (including phenoxy) is 2. The van der Waals surface area contributed by atoms with E-state index in [4.69, 9.17) is 21.1 Å². The average Bonchev–Trinajstić information content (AvgIpc) is 3.01. The molecule has 3 aromatic rings. The Morgan fingerprint density at radius 1 is 0.966 bits per heavy atom. The number of halogens is 1. The maximum atomic E-state index is 13.1. The van der Waals surface area contributed by atoms with Crippen molar-refractivity contribution in [3.8, 4) is 11.5 Å². The molecule has 0 saturated carbocycles. The molecular formula is C23H21ClN2O3. The van der Waals surface area contributed by atoms with E-state index in [0.717, 1.165) is 11.1 Å². The van der Waals surface area contributed by atoms with Gasteiger partial charge in [0.25, 0.3) is 5.91 Å². The summed E-state index contributed by atoms with van der Waals surface area (Å²) >= 11 is 6.34. The highest BCUT2D eigenvalue weighted by Crippen LogP contribution is 2.41. The van der Waals surface area contributed by atoms with Crippen LogP contribution in [-0.2, 0) is 6.54 Å². The zero-order valence-corrected chi connectivity index (χ0v) is 16.9. The fourth-order valence-corrected chi connectivity index (χ4v) is 3.83. The van der Waals surface area contributed by atoms with Crippen molar-refractivity contribution in [1.82, 2.24) is 4.90 Å². The van der Waals surface area contributed by atoms with E-state index in [-0.39, 0.29) is 12.1 Å². The lowest BCUT2D eigenvalue weighted by Gasteiger charge is -2.28. The van der Waals surface area contributed by atoms with Gasteiger partial charge in [0.2, 0.25) is 0 Å². The van der Waals surface area contributed by atoms with Crippen LogP contribution in [0.2, 0.25) is 5.02 Å². The third kappa shape index (κ3) is 3.61. The van der Waals surface area contributed by atoms with E-state index < -0.39 is 0 Å². The molecule has 3 aromatic carbocycles. The molecule has 4 rings (SSSR count). The third-order valence-electron chi connectivity index (χ3n) is 5.02. The van der Waals surface area contributed by atoms with Gasteiger partial charge >= 0.3 is 0 Å². The van der Waals surface area contributed by atoms with Gasteiger partial charge in [0.15, 0.2) is 0 Å². The molecule has 0 saturated heterocycles. The molecule has 1 aliphatic rings. The summed E-state index contributed by atoms with van der Waals surface area (Å²) in [5.41, 5.74) is 3.35. The minimum Gasteiger partial charge on any atom is -0.495 e. The first-order valence-corrected chi connectivity index (χ1v) is 9.62. The van der Waals surface area contributed by atoms with E-state index in [1.165, 1.54) is 0 Å². The molecule has 1 heterocycles. The van der Waals surface area contributed by atoms with Gasteiger partial charge in [0.05, 0.1) is 24.9 Å². The summed E-state index contributed by atoms with van der Waals surface area (Å²) in [6, 6.07) is 21.1. The SMILES string of the molecule is COc1cc(OC)c(N[C@@H]2c3ccccc3C(=O)N2Cc2ccccc2)cc1Cl. The Hall–Kier alpha value is -3.18. The minimum atomic E-state index is -0.350. The molecule has 0 aromatic heterocycles. The van der Waals surface area contributed by atoms with Crippen molar-refractivity contribution in [1.29, 1.82) is 0 Å². The Balaban J connectivity index is 1.73. The topological polar surface area (TPSA) is 50.8 Å². The van der Waals surface area contributed by atoms with Crippen LogP contribution in [0.4, 0.5) is 5.69 Å². The summed E-state index contributed by atoms with van der Waals surface area (Å²) in [4.78, 5) is 14.9. The lowest BCUT2D eigenvalue weighted by atomic mass is 10.1. The van der Waals surface area contributed by atoms with Crippen molar-refractivity contribution in [2.75, 3.05) is 19.5 Å². The van der Waals surface area contributed by atoms with E-state index >= 15 is 0 Å². The Bertz CT molecular complexity index is 1040. The Labute approximate surface area is 174 Å². The highest BCUT2D eigenvalue weighted by molar-refractivity contribution is 6.32. The van der Waals surface area contributed by atoms with Crippen molar-refractivity contribution >= 4 is 23.2 Å². The average molecular weight is 409 g/mol. The minimum absolute atomic E-state index is 0.0134. The summed E-state index contributed by atoms with van der Waals surface area (Å²) < 4.78 is 10.8. The van der Waals surface area contributed by atoms with Crippen molar-refractivity contribution in [3.63, 3.8) is 0 Å². The number of nitrogens with zero attached hydrogens (tertiary/aromatic N) is 1. The summed E-state index contributed by atoms with van der Waals surface area (Å²) in [6.07, 6.45) is -0.350. The fraction of sp³-hybridized carbons (Fsp3) is 0.174. The molecule has 0 fully saturated rings. The smallest absolute Gasteiger partial charge is 0.256 e. The number of hydrogen-bond acceptors (Lipinski definition) is 4. The molecular weight excluding hydrogens is 388 g/mol. The molecule has 1 aliphatic heterocycles. The number of nitrogens with one attached hydrogen (secondary N) is 1. The molecule has 29 heavy (non-hydrogen) atoms. The second-order valence-electron chi connectivity index (χ2n) is 6.74. The van der Waals surface area contributed by atoms with E-state index in [9.17, 15) is 4.79 Å². The van der Waals surface area contributed by atoms with Crippen molar-refractivity contribution in [3.05, 3.63) is 88.4 Å². The van der Waals surface area contributed by atoms with Crippen LogP contribution in [0, 0.1) is 0 Å². The van der Waals surface area contributed by atoms with Crippen LogP contribution in [0.3, 0.4) is 0 Å². The Morgan fingerprint density at radius 2 is 1.66 bits per heavy atom. The predicted octanol–water partition coefficient (Wildman–Crippen LogP) is 5.12. The molecule has 5 nitrogen and oxygen atoms in total. The molecule has 0 spiro atoms. The van der Waals surface area contributed by atoms with Gasteiger partial charge in [-0.2, -0.15) is 0 Å². The number of anilines is 1. The first-order valence-electron chi connectivity index (χ1n) is 9.24. The van der Waals surface area contributed by atoms with Crippen LogP contribution < -0.4 is 14.8 Å². The summed E-state index contributed by atoms with van der Waals surface area (Å²) in [5, 5.41) is 3.91. The number of carbonyl (C=O) groups excluding carboxylic acids is 1. The van der Waals surface area contributed by atoms with Gasteiger partial charge < -0.3 is 19.7 Å². The van der Waals surface area contributed by atoms with Crippen LogP contribution in [0.1, 0.15) is 27.7 Å². The maximum Gasteiger partial charge on any atom is 0.256 e. The molecule has 148 valence electrons. The highest BCUT2D eigenvalue weighted by Gasteiger charge is 2.36. The summed E-state index contributed by atoms with van der Waals surface area (Å²) in [6.45, 7) is 0.484. The zero-order chi connectivity index (χ0) is 20.4. The van der Waals surface area contributed by atoms with Crippen LogP contribution >= 0.6 is 11.6 Å². The van der Waals surface area contributed by atoms with Gasteiger partial charge in [-0.15, -0.1) is 0 Å². The number of benzene rings is 3. The Kier molecular flexibility index (Phi) is 5.32. The first kappa shape index (κ1) is 19.2. The molecule has 1 atom stereocenters. The standard InChI is InChI=1S/C23H21ClN2O3/c1-28-20-13-21(29-2)19(12-18(20)24)25-22-16-10-6-7-11-17(16)23(27)26(22)14-15-8-4-3-5-9-15/h3-13,22,25H,14H2,1-2H3/t22-/m0/s1. The molecule has 0 radical (unpaired) electrons. The lowest BCUT2D eigenvalue weighted by molar-refractivity contribution is 0.0728. The number of hydrogen-bond donors (Lipinski definition) is 1. The van der Waals surface area contributed by atoms with Gasteiger partial charge in [-0.05, 0) is 17.7 Å². The normalized spacial score (nSPS) is 15.2. The highest BCUT2D eigenvalue weighted by atomic mass is 35.5. The fourth-order valence-electron chi connectivity index (χ4n) is 3.59. The van der Waals surface area contributed by atoms with Gasteiger partial charge in [0.1, 0.15) is 17.7 Å². The quantitative estimate of drug-likeness (QED) is 0.614. The number of rotatable bonds is 6. The van der Waals surface area contributed by atoms with E-state index in [1.807, 2.05) is 59.5 Å². The monoisotopic (exact) mass is 408 g/mol. The summed E-state index contributed by atoms with van der Waals surface area (Å²) in [5.74, 6) is 1.10. The second-order valence-corrected chi connectivity index (χ2v) is 7.15. The molecule has 6 heteroatoms. The number of amides is 1.